The molecule has 0 saturated heterocycles. The van der Waals surface area contributed by atoms with Gasteiger partial charge in [-0.25, -0.2) is 4.39 Å². The number of rotatable bonds is 2. The Morgan fingerprint density at radius 2 is 2.00 bits per heavy atom. The summed E-state index contributed by atoms with van der Waals surface area (Å²) in [7, 11) is 0. The van der Waals surface area contributed by atoms with Crippen LogP contribution >= 0.6 is 0 Å². The van der Waals surface area contributed by atoms with Crippen LogP contribution in [0.4, 0.5) is 15.8 Å². The van der Waals surface area contributed by atoms with Crippen LogP contribution in [0.15, 0.2) is 18.2 Å². The van der Waals surface area contributed by atoms with Gasteiger partial charge < -0.3 is 10.6 Å². The highest BCUT2D eigenvalue weighted by atomic mass is 19.1. The largest absolute Gasteiger partial charge is 0.381 e. The predicted octanol–water partition coefficient (Wildman–Crippen LogP) is 3.22. The van der Waals surface area contributed by atoms with Crippen molar-refractivity contribution in [1.29, 1.82) is 0 Å². The lowest BCUT2D eigenvalue weighted by atomic mass is 9.90. The third-order valence-corrected chi connectivity index (χ3v) is 3.35. The van der Waals surface area contributed by atoms with Crippen LogP contribution in [-0.2, 0) is 0 Å². The fourth-order valence-electron chi connectivity index (χ4n) is 2.04. The van der Waals surface area contributed by atoms with Crippen molar-refractivity contribution in [1.82, 2.24) is 0 Å². The molecule has 2 N–H and O–H groups in total. The first kappa shape index (κ1) is 10.3. The Kier molecular flexibility index (Phi) is 2.55. The number of halogens is 1. The van der Waals surface area contributed by atoms with Crippen LogP contribution in [0.2, 0.25) is 0 Å². The van der Waals surface area contributed by atoms with E-state index >= 15 is 0 Å². The molecule has 0 radical (unpaired) electrons. The maximum atomic E-state index is 13.0. The second-order valence-electron chi connectivity index (χ2n) is 4.16. The SMILES string of the molecule is CCC1(CC)CNc2cc(F)ccc2N1. The molecule has 1 aromatic carbocycles. The standard InChI is InChI=1S/C12H17FN2/c1-3-12(4-2)8-14-11-7-9(13)5-6-10(11)15-12/h5-7,14-15H,3-4,8H2,1-2H3. The molecule has 1 aromatic rings. The Hall–Kier alpha value is -1.25. The van der Waals surface area contributed by atoms with Crippen molar-refractivity contribution in [3.05, 3.63) is 24.0 Å². The lowest BCUT2D eigenvalue weighted by Crippen LogP contribution is -2.46. The average molecular weight is 208 g/mol. The monoisotopic (exact) mass is 208 g/mol. The zero-order valence-corrected chi connectivity index (χ0v) is 9.23. The molecule has 15 heavy (non-hydrogen) atoms. The summed E-state index contributed by atoms with van der Waals surface area (Å²) in [4.78, 5) is 0. The number of nitrogens with one attached hydrogen (secondary N) is 2. The Morgan fingerprint density at radius 3 is 2.67 bits per heavy atom. The molecule has 0 saturated carbocycles. The van der Waals surface area contributed by atoms with E-state index < -0.39 is 0 Å². The fourth-order valence-corrected chi connectivity index (χ4v) is 2.04. The number of hydrogen-bond donors (Lipinski definition) is 2. The first-order valence-electron chi connectivity index (χ1n) is 5.51. The van der Waals surface area contributed by atoms with Crippen LogP contribution in [0.25, 0.3) is 0 Å². The molecule has 2 nitrogen and oxygen atoms in total. The number of anilines is 2. The average Bonchev–Trinajstić information content (AvgIpc) is 2.28. The molecule has 0 aromatic heterocycles. The quantitative estimate of drug-likeness (QED) is 0.779. The molecule has 1 aliphatic rings. The normalized spacial score (nSPS) is 17.5. The highest BCUT2D eigenvalue weighted by Gasteiger charge is 2.30. The van der Waals surface area contributed by atoms with E-state index in [-0.39, 0.29) is 11.4 Å². The summed E-state index contributed by atoms with van der Waals surface area (Å²) in [5.74, 6) is -0.191. The van der Waals surface area contributed by atoms with Gasteiger partial charge in [0.25, 0.3) is 0 Å². The van der Waals surface area contributed by atoms with Crippen LogP contribution in [-0.4, -0.2) is 12.1 Å². The number of hydrogen-bond acceptors (Lipinski definition) is 2. The van der Waals surface area contributed by atoms with Crippen molar-refractivity contribution in [3.63, 3.8) is 0 Å². The minimum atomic E-state index is -0.191. The van der Waals surface area contributed by atoms with Crippen molar-refractivity contribution in [3.8, 4) is 0 Å². The Balaban J connectivity index is 2.30. The Labute approximate surface area is 89.9 Å². The van der Waals surface area contributed by atoms with Crippen LogP contribution in [0.3, 0.4) is 0 Å². The molecule has 0 aliphatic carbocycles. The van der Waals surface area contributed by atoms with Crippen LogP contribution in [0.1, 0.15) is 26.7 Å². The van der Waals surface area contributed by atoms with Crippen molar-refractivity contribution >= 4 is 11.4 Å². The summed E-state index contributed by atoms with van der Waals surface area (Å²) in [5.41, 5.74) is 1.99. The number of benzene rings is 1. The van der Waals surface area contributed by atoms with Gasteiger partial charge in [-0.3, -0.25) is 0 Å². The van der Waals surface area contributed by atoms with E-state index in [0.29, 0.717) is 0 Å². The van der Waals surface area contributed by atoms with Crippen molar-refractivity contribution in [2.75, 3.05) is 17.2 Å². The van der Waals surface area contributed by atoms with Gasteiger partial charge in [-0.1, -0.05) is 13.8 Å². The maximum Gasteiger partial charge on any atom is 0.125 e. The smallest absolute Gasteiger partial charge is 0.125 e. The summed E-state index contributed by atoms with van der Waals surface area (Å²) in [6, 6.07) is 4.84. The van der Waals surface area contributed by atoms with Gasteiger partial charge in [-0.05, 0) is 31.0 Å². The van der Waals surface area contributed by atoms with Crippen molar-refractivity contribution in [2.45, 2.75) is 32.2 Å². The summed E-state index contributed by atoms with van der Waals surface area (Å²) in [5, 5.41) is 6.80. The summed E-state index contributed by atoms with van der Waals surface area (Å²) in [6.45, 7) is 5.20. The maximum absolute atomic E-state index is 13.0. The molecule has 1 heterocycles. The Bertz CT molecular complexity index is 359. The second kappa shape index (κ2) is 3.72. The van der Waals surface area contributed by atoms with Gasteiger partial charge in [0, 0.05) is 6.54 Å². The van der Waals surface area contributed by atoms with Gasteiger partial charge in [-0.15, -0.1) is 0 Å². The second-order valence-corrected chi connectivity index (χ2v) is 4.16. The summed E-state index contributed by atoms with van der Waals surface area (Å²) in [6.07, 6.45) is 2.13. The predicted molar refractivity (Wildman–Crippen MR) is 61.8 cm³/mol. The minimum Gasteiger partial charge on any atom is -0.381 e. The third kappa shape index (κ3) is 1.78. The van der Waals surface area contributed by atoms with Crippen molar-refractivity contribution in [2.24, 2.45) is 0 Å². The van der Waals surface area contributed by atoms with E-state index in [0.717, 1.165) is 30.8 Å². The van der Waals surface area contributed by atoms with Crippen LogP contribution < -0.4 is 10.6 Å². The minimum absolute atomic E-state index is 0.116. The highest BCUT2D eigenvalue weighted by molar-refractivity contribution is 5.72. The zero-order chi connectivity index (χ0) is 10.9. The summed E-state index contributed by atoms with van der Waals surface area (Å²) < 4.78 is 13.0. The molecular formula is C12H17FN2. The Morgan fingerprint density at radius 1 is 1.27 bits per heavy atom. The van der Waals surface area contributed by atoms with Crippen molar-refractivity contribution < 1.29 is 4.39 Å². The van der Waals surface area contributed by atoms with E-state index in [1.807, 2.05) is 0 Å². The molecule has 0 bridgehead atoms. The summed E-state index contributed by atoms with van der Waals surface area (Å²) >= 11 is 0. The molecule has 0 fully saturated rings. The molecular weight excluding hydrogens is 191 g/mol. The number of fused-ring (bicyclic) bond motifs is 1. The van der Waals surface area contributed by atoms with E-state index in [1.54, 1.807) is 6.07 Å². The topological polar surface area (TPSA) is 24.1 Å². The van der Waals surface area contributed by atoms with E-state index in [4.69, 9.17) is 0 Å². The van der Waals surface area contributed by atoms with Crippen LogP contribution in [0.5, 0.6) is 0 Å². The van der Waals surface area contributed by atoms with Gasteiger partial charge in [0.05, 0.1) is 16.9 Å². The van der Waals surface area contributed by atoms with E-state index in [1.165, 1.54) is 12.1 Å². The first-order chi connectivity index (χ1) is 7.19. The molecule has 0 atom stereocenters. The zero-order valence-electron chi connectivity index (χ0n) is 9.23. The fraction of sp³-hybridized carbons (Fsp3) is 0.500. The molecule has 0 amide bonds. The molecule has 0 spiro atoms. The molecule has 0 unspecified atom stereocenters. The highest BCUT2D eigenvalue weighted by Crippen LogP contribution is 2.33. The van der Waals surface area contributed by atoms with Crippen LogP contribution in [0, 0.1) is 5.82 Å². The lowest BCUT2D eigenvalue weighted by Gasteiger charge is -2.39. The van der Waals surface area contributed by atoms with E-state index in [9.17, 15) is 4.39 Å². The molecule has 3 heteroatoms. The third-order valence-electron chi connectivity index (χ3n) is 3.35. The molecule has 2 rings (SSSR count). The van der Waals surface area contributed by atoms with E-state index in [2.05, 4.69) is 24.5 Å². The lowest BCUT2D eigenvalue weighted by molar-refractivity contribution is 0.451. The van der Waals surface area contributed by atoms with Gasteiger partial charge >= 0.3 is 0 Å². The first-order valence-corrected chi connectivity index (χ1v) is 5.51. The van der Waals surface area contributed by atoms with Gasteiger partial charge in [0.2, 0.25) is 0 Å². The van der Waals surface area contributed by atoms with Gasteiger partial charge in [0.15, 0.2) is 0 Å². The van der Waals surface area contributed by atoms with Gasteiger partial charge in [-0.2, -0.15) is 0 Å². The molecule has 1 aliphatic heterocycles. The molecule has 82 valence electrons. The van der Waals surface area contributed by atoms with Gasteiger partial charge in [0.1, 0.15) is 5.82 Å².